The van der Waals surface area contributed by atoms with Gasteiger partial charge in [0.1, 0.15) is 10.8 Å². The maximum absolute atomic E-state index is 12.4. The number of nitrogens with zero attached hydrogens (tertiary/aromatic N) is 3. The van der Waals surface area contributed by atoms with Crippen molar-refractivity contribution in [1.29, 1.82) is 0 Å². The average molecular weight is 451 g/mol. The van der Waals surface area contributed by atoms with E-state index in [-0.39, 0.29) is 30.7 Å². The van der Waals surface area contributed by atoms with Crippen LogP contribution in [0.4, 0.5) is 5.13 Å². The molecule has 1 N–H and O–H groups in total. The van der Waals surface area contributed by atoms with Crippen LogP contribution in [-0.4, -0.2) is 46.0 Å². The van der Waals surface area contributed by atoms with Crippen molar-refractivity contribution in [2.45, 2.75) is 26.7 Å². The van der Waals surface area contributed by atoms with Gasteiger partial charge < -0.3 is 10.1 Å². The lowest BCUT2D eigenvalue weighted by atomic mass is 10.1. The van der Waals surface area contributed by atoms with Crippen LogP contribution in [-0.2, 0) is 11.2 Å². The lowest BCUT2D eigenvalue weighted by Gasteiger charge is -2.12. The van der Waals surface area contributed by atoms with E-state index in [4.69, 9.17) is 4.74 Å². The highest BCUT2D eigenvalue weighted by Gasteiger charge is 2.35. The molecule has 9 heteroatoms. The first kappa shape index (κ1) is 21.6. The van der Waals surface area contributed by atoms with Crippen LogP contribution in [0.1, 0.15) is 43.3 Å². The van der Waals surface area contributed by atoms with Crippen LogP contribution < -0.4 is 10.1 Å². The molecule has 0 bridgehead atoms. The number of imide groups is 1. The van der Waals surface area contributed by atoms with Gasteiger partial charge in [0.2, 0.25) is 11.0 Å². The summed E-state index contributed by atoms with van der Waals surface area (Å²) < 4.78 is 5.84. The number of aromatic nitrogens is 2. The molecule has 1 aromatic heterocycles. The number of amides is 3. The Morgan fingerprint density at radius 1 is 1.03 bits per heavy atom. The summed E-state index contributed by atoms with van der Waals surface area (Å²) in [5, 5.41) is 11.9. The Hall–Kier alpha value is -3.59. The molecule has 4 rings (SSSR count). The number of hydrogen-bond acceptors (Lipinski definition) is 7. The molecule has 1 aliphatic rings. The Morgan fingerprint density at radius 3 is 2.47 bits per heavy atom. The molecular weight excluding hydrogens is 428 g/mol. The van der Waals surface area contributed by atoms with Crippen LogP contribution in [0.3, 0.4) is 0 Å². The van der Waals surface area contributed by atoms with Crippen molar-refractivity contribution < 1.29 is 19.1 Å². The second kappa shape index (κ2) is 9.27. The molecular formula is C23H22N4O4S. The third kappa shape index (κ3) is 4.52. The molecule has 3 aromatic rings. The fraction of sp³-hybridized carbons (Fsp3) is 0.261. The fourth-order valence-corrected chi connectivity index (χ4v) is 4.11. The van der Waals surface area contributed by atoms with Gasteiger partial charge in [0.05, 0.1) is 17.7 Å². The van der Waals surface area contributed by atoms with E-state index in [0.717, 1.165) is 21.2 Å². The second-order valence-electron chi connectivity index (χ2n) is 7.40. The predicted molar refractivity (Wildman–Crippen MR) is 120 cm³/mol. The zero-order chi connectivity index (χ0) is 22.7. The SMILES string of the molecule is Cc1cccc(OCCc2nnc(NC(=O)CCN3C(=O)c4ccccc4C3=O)s2)c1C. The van der Waals surface area contributed by atoms with Crippen LogP contribution in [0.15, 0.2) is 42.5 Å². The molecule has 0 fully saturated rings. The molecule has 32 heavy (non-hydrogen) atoms. The highest BCUT2D eigenvalue weighted by Crippen LogP contribution is 2.23. The first-order valence-corrected chi connectivity index (χ1v) is 11.0. The zero-order valence-corrected chi connectivity index (χ0v) is 18.6. The minimum atomic E-state index is -0.375. The van der Waals surface area contributed by atoms with E-state index in [0.29, 0.717) is 29.3 Å². The van der Waals surface area contributed by atoms with Crippen LogP contribution in [0, 0.1) is 13.8 Å². The molecule has 0 saturated carbocycles. The molecule has 1 aliphatic heterocycles. The van der Waals surface area contributed by atoms with Crippen LogP contribution in [0.2, 0.25) is 0 Å². The number of fused-ring (bicyclic) bond motifs is 1. The molecule has 0 saturated heterocycles. The summed E-state index contributed by atoms with van der Waals surface area (Å²) in [5.41, 5.74) is 3.02. The Labute approximate surface area is 189 Å². The van der Waals surface area contributed by atoms with Gasteiger partial charge in [-0.3, -0.25) is 19.3 Å². The van der Waals surface area contributed by atoms with E-state index in [2.05, 4.69) is 15.5 Å². The molecule has 164 valence electrons. The quantitative estimate of drug-likeness (QED) is 0.528. The highest BCUT2D eigenvalue weighted by molar-refractivity contribution is 7.15. The van der Waals surface area contributed by atoms with Crippen molar-refractivity contribution in [2.75, 3.05) is 18.5 Å². The largest absolute Gasteiger partial charge is 0.493 e. The summed E-state index contributed by atoms with van der Waals surface area (Å²) >= 11 is 1.27. The van der Waals surface area contributed by atoms with E-state index < -0.39 is 0 Å². The Morgan fingerprint density at radius 2 is 1.75 bits per heavy atom. The van der Waals surface area contributed by atoms with Gasteiger partial charge in [-0.25, -0.2) is 0 Å². The number of carbonyl (C=O) groups excluding carboxylic acids is 3. The van der Waals surface area contributed by atoms with Gasteiger partial charge in [0, 0.05) is 19.4 Å². The van der Waals surface area contributed by atoms with E-state index in [9.17, 15) is 14.4 Å². The summed E-state index contributed by atoms with van der Waals surface area (Å²) in [5.74, 6) is -0.243. The number of nitrogens with one attached hydrogen (secondary N) is 1. The van der Waals surface area contributed by atoms with Crippen molar-refractivity contribution in [1.82, 2.24) is 15.1 Å². The van der Waals surface area contributed by atoms with E-state index >= 15 is 0 Å². The maximum atomic E-state index is 12.4. The third-order valence-electron chi connectivity index (χ3n) is 5.28. The topological polar surface area (TPSA) is 101 Å². The fourth-order valence-electron chi connectivity index (χ4n) is 3.37. The van der Waals surface area contributed by atoms with Crippen molar-refractivity contribution in [3.8, 4) is 5.75 Å². The summed E-state index contributed by atoms with van der Waals surface area (Å²) in [6, 6.07) is 12.6. The lowest BCUT2D eigenvalue weighted by Crippen LogP contribution is -2.32. The highest BCUT2D eigenvalue weighted by atomic mass is 32.1. The van der Waals surface area contributed by atoms with Crippen molar-refractivity contribution in [3.05, 3.63) is 69.7 Å². The van der Waals surface area contributed by atoms with Gasteiger partial charge in [-0.1, -0.05) is 35.6 Å². The lowest BCUT2D eigenvalue weighted by molar-refractivity contribution is -0.116. The van der Waals surface area contributed by atoms with Gasteiger partial charge in [-0.2, -0.15) is 0 Å². The van der Waals surface area contributed by atoms with Crippen molar-refractivity contribution in [2.24, 2.45) is 0 Å². The van der Waals surface area contributed by atoms with E-state index in [1.807, 2.05) is 32.0 Å². The summed E-state index contributed by atoms with van der Waals surface area (Å²) in [6.07, 6.45) is 0.548. The molecule has 0 unspecified atom stereocenters. The summed E-state index contributed by atoms with van der Waals surface area (Å²) in [6.45, 7) is 4.52. The molecule has 0 atom stereocenters. The minimum absolute atomic E-state index is 0.00746. The number of carbonyl (C=O) groups is 3. The maximum Gasteiger partial charge on any atom is 0.261 e. The molecule has 8 nitrogen and oxygen atoms in total. The smallest absolute Gasteiger partial charge is 0.261 e. The molecule has 0 radical (unpaired) electrons. The van der Waals surface area contributed by atoms with Crippen LogP contribution in [0.25, 0.3) is 0 Å². The van der Waals surface area contributed by atoms with Gasteiger partial charge in [0.15, 0.2) is 0 Å². The average Bonchev–Trinajstić information content (AvgIpc) is 3.32. The van der Waals surface area contributed by atoms with Crippen LogP contribution in [0.5, 0.6) is 5.75 Å². The Kier molecular flexibility index (Phi) is 6.27. The molecule has 2 aromatic carbocycles. The number of hydrogen-bond donors (Lipinski definition) is 1. The first-order chi connectivity index (χ1) is 15.4. The normalized spacial score (nSPS) is 12.8. The zero-order valence-electron chi connectivity index (χ0n) is 17.8. The third-order valence-corrected chi connectivity index (χ3v) is 6.18. The van der Waals surface area contributed by atoms with Gasteiger partial charge in [-0.05, 0) is 43.2 Å². The Balaban J connectivity index is 1.25. The monoisotopic (exact) mass is 450 g/mol. The molecule has 2 heterocycles. The van der Waals surface area contributed by atoms with Gasteiger partial charge >= 0.3 is 0 Å². The minimum Gasteiger partial charge on any atom is -0.493 e. The number of anilines is 1. The first-order valence-electron chi connectivity index (χ1n) is 10.2. The molecule has 3 amide bonds. The van der Waals surface area contributed by atoms with E-state index in [1.165, 1.54) is 16.9 Å². The number of benzene rings is 2. The Bertz CT molecular complexity index is 1160. The number of aryl methyl sites for hydroxylation is 1. The van der Waals surface area contributed by atoms with Gasteiger partial charge in [0.25, 0.3) is 11.8 Å². The number of rotatable bonds is 8. The molecule has 0 aliphatic carbocycles. The summed E-state index contributed by atoms with van der Waals surface area (Å²) in [7, 11) is 0. The van der Waals surface area contributed by atoms with Crippen LogP contribution >= 0.6 is 11.3 Å². The van der Waals surface area contributed by atoms with Gasteiger partial charge in [-0.15, -0.1) is 10.2 Å². The van der Waals surface area contributed by atoms with Crippen molar-refractivity contribution >= 4 is 34.2 Å². The standard InChI is InChI=1S/C23H22N4O4S/c1-14-6-5-9-18(15(14)2)31-13-11-20-25-26-23(32-20)24-19(28)10-12-27-21(29)16-7-3-4-8-17(16)22(27)30/h3-9H,10-13H2,1-2H3,(H,24,26,28). The second-order valence-corrected chi connectivity index (χ2v) is 8.47. The number of ether oxygens (including phenoxy) is 1. The summed E-state index contributed by atoms with van der Waals surface area (Å²) in [4.78, 5) is 38.1. The molecule has 0 spiro atoms. The predicted octanol–water partition coefficient (Wildman–Crippen LogP) is 3.40. The van der Waals surface area contributed by atoms with Crippen molar-refractivity contribution in [3.63, 3.8) is 0 Å². The van der Waals surface area contributed by atoms with E-state index in [1.54, 1.807) is 24.3 Å².